The van der Waals surface area contributed by atoms with Crippen molar-refractivity contribution < 1.29 is 31.1 Å². The summed E-state index contributed by atoms with van der Waals surface area (Å²) in [5, 5.41) is 0. The second-order valence-corrected chi connectivity index (χ2v) is 6.39. The highest BCUT2D eigenvalue weighted by atomic mass is 32.2. The lowest BCUT2D eigenvalue weighted by Crippen LogP contribution is -2.47. The Kier molecular flexibility index (Phi) is 4.45. The molecule has 118 valence electrons. The normalized spacial score (nSPS) is 21.2. The first-order valence-electron chi connectivity index (χ1n) is 6.16. The van der Waals surface area contributed by atoms with E-state index in [4.69, 9.17) is 4.74 Å². The van der Waals surface area contributed by atoms with Crippen LogP contribution < -0.4 is 4.74 Å². The van der Waals surface area contributed by atoms with Crippen LogP contribution in [0.1, 0.15) is 6.92 Å². The molecule has 1 heterocycles. The van der Waals surface area contributed by atoms with E-state index in [9.17, 15) is 21.6 Å². The minimum absolute atomic E-state index is 0.0872. The predicted octanol–water partition coefficient (Wildman–Crippen LogP) is 1.99. The highest BCUT2D eigenvalue weighted by molar-refractivity contribution is 7.89. The lowest BCUT2D eigenvalue weighted by Gasteiger charge is -2.32. The minimum atomic E-state index is -4.96. The Hall–Kier alpha value is -1.32. The van der Waals surface area contributed by atoms with Gasteiger partial charge < -0.3 is 9.47 Å². The number of alkyl halides is 3. The molecule has 1 atom stereocenters. The average Bonchev–Trinajstić information content (AvgIpc) is 2.37. The van der Waals surface area contributed by atoms with E-state index < -0.39 is 33.1 Å². The van der Waals surface area contributed by atoms with Crippen LogP contribution in [0.5, 0.6) is 5.75 Å². The molecule has 0 spiro atoms. The maximum Gasteiger partial charge on any atom is 0.573 e. The number of sulfonamides is 1. The monoisotopic (exact) mass is 325 g/mol. The van der Waals surface area contributed by atoms with E-state index in [1.54, 1.807) is 6.92 Å². The van der Waals surface area contributed by atoms with Crippen LogP contribution in [-0.4, -0.2) is 44.9 Å². The molecule has 5 nitrogen and oxygen atoms in total. The van der Waals surface area contributed by atoms with Crippen LogP contribution in [0, 0.1) is 0 Å². The topological polar surface area (TPSA) is 55.8 Å². The number of para-hydroxylation sites is 1. The second kappa shape index (κ2) is 5.82. The third-order valence-corrected chi connectivity index (χ3v) is 5.02. The molecule has 1 aliphatic heterocycles. The van der Waals surface area contributed by atoms with Gasteiger partial charge in [-0.1, -0.05) is 12.1 Å². The number of rotatable bonds is 3. The summed E-state index contributed by atoms with van der Waals surface area (Å²) in [5.41, 5.74) is 0. The molecule has 0 bridgehead atoms. The summed E-state index contributed by atoms with van der Waals surface area (Å²) >= 11 is 0. The molecule has 1 aromatic carbocycles. The van der Waals surface area contributed by atoms with Crippen molar-refractivity contribution in [3.63, 3.8) is 0 Å². The molecule has 0 saturated carbocycles. The molecule has 0 aromatic heterocycles. The quantitative estimate of drug-likeness (QED) is 0.853. The van der Waals surface area contributed by atoms with Crippen molar-refractivity contribution in [1.82, 2.24) is 4.31 Å². The molecule has 1 fully saturated rings. The van der Waals surface area contributed by atoms with E-state index >= 15 is 0 Å². The Morgan fingerprint density at radius 3 is 2.62 bits per heavy atom. The fraction of sp³-hybridized carbons (Fsp3) is 0.500. The van der Waals surface area contributed by atoms with Gasteiger partial charge >= 0.3 is 6.36 Å². The van der Waals surface area contributed by atoms with E-state index in [1.165, 1.54) is 12.1 Å². The van der Waals surface area contributed by atoms with Crippen LogP contribution in [0.4, 0.5) is 13.2 Å². The van der Waals surface area contributed by atoms with Crippen LogP contribution in [0.15, 0.2) is 29.2 Å². The fourth-order valence-electron chi connectivity index (χ4n) is 2.07. The predicted molar refractivity (Wildman–Crippen MR) is 67.3 cm³/mol. The summed E-state index contributed by atoms with van der Waals surface area (Å²) in [6, 6.07) is 4.25. The molecule has 0 amide bonds. The zero-order chi connectivity index (χ0) is 15.7. The maximum atomic E-state index is 12.5. The Labute approximate surface area is 120 Å². The number of morpholine rings is 1. The van der Waals surface area contributed by atoms with Crippen LogP contribution in [0.25, 0.3) is 0 Å². The molecule has 21 heavy (non-hydrogen) atoms. The molecule has 1 saturated heterocycles. The fourth-order valence-corrected chi connectivity index (χ4v) is 3.78. The first-order chi connectivity index (χ1) is 9.72. The van der Waals surface area contributed by atoms with Crippen molar-refractivity contribution in [3.8, 4) is 5.75 Å². The van der Waals surface area contributed by atoms with Crippen molar-refractivity contribution in [2.24, 2.45) is 0 Å². The number of benzene rings is 1. The molecule has 9 heteroatoms. The second-order valence-electron chi connectivity index (χ2n) is 4.53. The van der Waals surface area contributed by atoms with Gasteiger partial charge in [-0.25, -0.2) is 8.42 Å². The highest BCUT2D eigenvalue weighted by Gasteiger charge is 2.37. The Balaban J connectivity index is 2.40. The SMILES string of the molecule is CC1COCCN1S(=O)(=O)c1ccccc1OC(F)(F)F. The highest BCUT2D eigenvalue weighted by Crippen LogP contribution is 2.32. The summed E-state index contributed by atoms with van der Waals surface area (Å²) in [5.74, 6) is -0.733. The first kappa shape index (κ1) is 16.1. The standard InChI is InChI=1S/C12H14F3NO4S/c1-9-8-19-7-6-16(9)21(17,18)11-5-3-2-4-10(11)20-12(13,14)15/h2-5,9H,6-8H2,1H3. The van der Waals surface area contributed by atoms with Gasteiger partial charge in [0.25, 0.3) is 0 Å². The lowest BCUT2D eigenvalue weighted by molar-refractivity contribution is -0.275. The smallest absolute Gasteiger partial charge is 0.404 e. The molecule has 1 unspecified atom stereocenters. The first-order valence-corrected chi connectivity index (χ1v) is 7.60. The van der Waals surface area contributed by atoms with Crippen molar-refractivity contribution in [1.29, 1.82) is 0 Å². The van der Waals surface area contributed by atoms with E-state index in [1.807, 2.05) is 0 Å². The number of ether oxygens (including phenoxy) is 2. The van der Waals surface area contributed by atoms with Crippen LogP contribution in [0.2, 0.25) is 0 Å². The number of halogens is 3. The van der Waals surface area contributed by atoms with Gasteiger partial charge in [-0.05, 0) is 19.1 Å². The largest absolute Gasteiger partial charge is 0.573 e. The summed E-state index contributed by atoms with van der Waals surface area (Å²) < 4.78 is 72.3. The molecule has 0 aliphatic carbocycles. The van der Waals surface area contributed by atoms with Gasteiger partial charge in [0, 0.05) is 12.6 Å². The van der Waals surface area contributed by atoms with Crippen LogP contribution >= 0.6 is 0 Å². The third kappa shape index (κ3) is 3.66. The molecule has 1 aromatic rings. The molecule has 0 N–H and O–H groups in total. The van der Waals surface area contributed by atoms with Gasteiger partial charge in [0.05, 0.1) is 13.2 Å². The van der Waals surface area contributed by atoms with E-state index in [2.05, 4.69) is 4.74 Å². The number of hydrogen-bond donors (Lipinski definition) is 0. The van der Waals surface area contributed by atoms with E-state index in [0.717, 1.165) is 16.4 Å². The van der Waals surface area contributed by atoms with Crippen molar-refractivity contribution in [3.05, 3.63) is 24.3 Å². The zero-order valence-corrected chi connectivity index (χ0v) is 11.9. The maximum absolute atomic E-state index is 12.5. The lowest BCUT2D eigenvalue weighted by atomic mass is 10.3. The average molecular weight is 325 g/mol. The van der Waals surface area contributed by atoms with Gasteiger partial charge in [-0.15, -0.1) is 13.2 Å². The Morgan fingerprint density at radius 2 is 2.00 bits per heavy atom. The summed E-state index contributed by atoms with van der Waals surface area (Å²) in [6.07, 6.45) is -4.96. The Morgan fingerprint density at radius 1 is 1.33 bits per heavy atom. The summed E-state index contributed by atoms with van der Waals surface area (Å²) in [4.78, 5) is -0.504. The van der Waals surface area contributed by atoms with Gasteiger partial charge in [0.1, 0.15) is 10.6 Å². The molecule has 0 radical (unpaired) electrons. The molecular formula is C12H14F3NO4S. The zero-order valence-electron chi connectivity index (χ0n) is 11.1. The van der Waals surface area contributed by atoms with Crippen LogP contribution in [0.3, 0.4) is 0 Å². The van der Waals surface area contributed by atoms with Gasteiger partial charge in [0.15, 0.2) is 0 Å². The van der Waals surface area contributed by atoms with Crippen molar-refractivity contribution in [2.75, 3.05) is 19.8 Å². The van der Waals surface area contributed by atoms with Gasteiger partial charge in [-0.3, -0.25) is 0 Å². The molecular weight excluding hydrogens is 311 g/mol. The van der Waals surface area contributed by atoms with Gasteiger partial charge in [0.2, 0.25) is 10.0 Å². The summed E-state index contributed by atoms with van der Waals surface area (Å²) in [7, 11) is -4.09. The van der Waals surface area contributed by atoms with E-state index in [-0.39, 0.29) is 19.8 Å². The Bertz CT molecular complexity index is 603. The molecule has 1 aliphatic rings. The number of hydrogen-bond acceptors (Lipinski definition) is 4. The van der Waals surface area contributed by atoms with Crippen molar-refractivity contribution in [2.45, 2.75) is 24.2 Å². The molecule has 2 rings (SSSR count). The summed E-state index contributed by atoms with van der Waals surface area (Å²) in [6.45, 7) is 2.11. The van der Waals surface area contributed by atoms with Gasteiger partial charge in [-0.2, -0.15) is 4.31 Å². The third-order valence-electron chi connectivity index (χ3n) is 2.97. The van der Waals surface area contributed by atoms with E-state index in [0.29, 0.717) is 0 Å². The van der Waals surface area contributed by atoms with Crippen molar-refractivity contribution >= 4 is 10.0 Å². The number of nitrogens with zero attached hydrogens (tertiary/aromatic N) is 1. The minimum Gasteiger partial charge on any atom is -0.404 e. The van der Waals surface area contributed by atoms with Crippen LogP contribution in [-0.2, 0) is 14.8 Å².